The lowest BCUT2D eigenvalue weighted by atomic mass is 10.1. The van der Waals surface area contributed by atoms with Crippen molar-refractivity contribution in [2.75, 3.05) is 7.05 Å². The third-order valence-corrected chi connectivity index (χ3v) is 5.61. The maximum atomic E-state index is 12.4. The van der Waals surface area contributed by atoms with E-state index in [2.05, 4.69) is 0 Å². The van der Waals surface area contributed by atoms with E-state index in [0.717, 1.165) is 17.5 Å². The predicted molar refractivity (Wildman–Crippen MR) is 75.4 cm³/mol. The van der Waals surface area contributed by atoms with Crippen molar-refractivity contribution in [2.24, 2.45) is 0 Å². The van der Waals surface area contributed by atoms with Gasteiger partial charge < -0.3 is 0 Å². The van der Waals surface area contributed by atoms with Gasteiger partial charge in [-0.05, 0) is 43.5 Å². The summed E-state index contributed by atoms with van der Waals surface area (Å²) >= 11 is 5.82. The Labute approximate surface area is 115 Å². The molecule has 0 spiro atoms. The second-order valence-electron chi connectivity index (χ2n) is 4.50. The lowest BCUT2D eigenvalue weighted by molar-refractivity contribution is 0.380. The minimum absolute atomic E-state index is 0.0178. The molecule has 18 heavy (non-hydrogen) atoms. The minimum atomic E-state index is -3.42. The minimum Gasteiger partial charge on any atom is -0.207 e. The van der Waals surface area contributed by atoms with E-state index in [1.54, 1.807) is 25.2 Å². The van der Waals surface area contributed by atoms with Crippen molar-refractivity contribution in [2.45, 2.75) is 44.0 Å². The van der Waals surface area contributed by atoms with Crippen LogP contribution in [-0.2, 0) is 15.9 Å². The molecule has 0 amide bonds. The molecule has 3 nitrogen and oxygen atoms in total. The Morgan fingerprint density at radius 1 is 1.39 bits per heavy atom. The summed E-state index contributed by atoms with van der Waals surface area (Å²) in [6.07, 6.45) is 0.782. The predicted octanol–water partition coefficient (Wildman–Crippen LogP) is 3.15. The average Bonchev–Trinajstić information content (AvgIpc) is 2.37. The molecular formula is C13H20ClNO2S. The zero-order valence-corrected chi connectivity index (χ0v) is 12.8. The number of halogens is 1. The standard InChI is InChI=1S/C13H20ClNO2S/c1-5-11(3)15(4)18(16,17)13-7-6-10(2)12(8-13)9-14/h6-8,11H,5,9H2,1-4H3. The largest absolute Gasteiger partial charge is 0.243 e. The lowest BCUT2D eigenvalue weighted by Crippen LogP contribution is -2.34. The van der Waals surface area contributed by atoms with Crippen molar-refractivity contribution in [3.05, 3.63) is 29.3 Å². The Morgan fingerprint density at radius 2 is 2.00 bits per heavy atom. The molecule has 102 valence electrons. The molecular weight excluding hydrogens is 270 g/mol. The van der Waals surface area contributed by atoms with Gasteiger partial charge in [-0.3, -0.25) is 0 Å². The van der Waals surface area contributed by atoms with Crippen LogP contribution in [0.4, 0.5) is 0 Å². The summed E-state index contributed by atoms with van der Waals surface area (Å²) in [6.45, 7) is 5.79. The SMILES string of the molecule is CCC(C)N(C)S(=O)(=O)c1ccc(C)c(CCl)c1. The van der Waals surface area contributed by atoms with Gasteiger partial charge in [-0.1, -0.05) is 13.0 Å². The monoisotopic (exact) mass is 289 g/mol. The summed E-state index contributed by atoms with van der Waals surface area (Å²) in [6, 6.07) is 5.08. The van der Waals surface area contributed by atoms with Gasteiger partial charge in [0.15, 0.2) is 0 Å². The second kappa shape index (κ2) is 6.04. The number of rotatable bonds is 5. The van der Waals surface area contributed by atoms with Crippen LogP contribution in [0.15, 0.2) is 23.1 Å². The molecule has 0 aliphatic heterocycles. The van der Waals surface area contributed by atoms with Crippen LogP contribution in [0.1, 0.15) is 31.4 Å². The number of alkyl halides is 1. The molecule has 0 saturated carbocycles. The molecule has 0 aliphatic carbocycles. The number of aryl methyl sites for hydroxylation is 1. The first-order chi connectivity index (χ1) is 8.34. The van der Waals surface area contributed by atoms with Gasteiger partial charge >= 0.3 is 0 Å². The summed E-state index contributed by atoms with van der Waals surface area (Å²) < 4.78 is 26.2. The molecule has 0 aromatic heterocycles. The Morgan fingerprint density at radius 3 is 2.50 bits per heavy atom. The molecule has 1 atom stereocenters. The van der Waals surface area contributed by atoms with Gasteiger partial charge in [0.25, 0.3) is 0 Å². The van der Waals surface area contributed by atoms with Gasteiger partial charge in [0.2, 0.25) is 10.0 Å². The normalized spacial score (nSPS) is 13.9. The Kier molecular flexibility index (Phi) is 5.20. The molecule has 0 N–H and O–H groups in total. The van der Waals surface area contributed by atoms with Crippen molar-refractivity contribution in [1.82, 2.24) is 4.31 Å². The molecule has 1 rings (SSSR count). The van der Waals surface area contributed by atoms with Crippen LogP contribution in [-0.4, -0.2) is 25.8 Å². The summed E-state index contributed by atoms with van der Waals surface area (Å²) in [5.41, 5.74) is 1.87. The molecule has 1 aromatic rings. The van der Waals surface area contributed by atoms with Crippen molar-refractivity contribution in [1.29, 1.82) is 0 Å². The zero-order chi connectivity index (χ0) is 13.9. The quantitative estimate of drug-likeness (QED) is 0.781. The van der Waals surface area contributed by atoms with Gasteiger partial charge in [-0.15, -0.1) is 11.6 Å². The van der Waals surface area contributed by atoms with E-state index in [9.17, 15) is 8.42 Å². The van der Waals surface area contributed by atoms with E-state index in [-0.39, 0.29) is 6.04 Å². The fourth-order valence-corrected chi connectivity index (χ4v) is 3.39. The number of hydrogen-bond acceptors (Lipinski definition) is 2. The third-order valence-electron chi connectivity index (χ3n) is 3.35. The fourth-order valence-electron chi connectivity index (χ4n) is 1.61. The van der Waals surface area contributed by atoms with Crippen LogP contribution < -0.4 is 0 Å². The first-order valence-electron chi connectivity index (χ1n) is 5.98. The molecule has 0 bridgehead atoms. The summed E-state index contributed by atoms with van der Waals surface area (Å²) in [7, 11) is -1.81. The van der Waals surface area contributed by atoms with E-state index in [0.29, 0.717) is 10.8 Å². The third kappa shape index (κ3) is 3.05. The van der Waals surface area contributed by atoms with Crippen molar-refractivity contribution < 1.29 is 8.42 Å². The number of hydrogen-bond donors (Lipinski definition) is 0. The number of nitrogens with zero attached hydrogens (tertiary/aromatic N) is 1. The summed E-state index contributed by atoms with van der Waals surface area (Å²) in [5.74, 6) is 0.322. The molecule has 0 fully saturated rings. The van der Waals surface area contributed by atoms with E-state index in [1.807, 2.05) is 20.8 Å². The molecule has 5 heteroatoms. The summed E-state index contributed by atoms with van der Waals surface area (Å²) in [5, 5.41) is 0. The molecule has 0 radical (unpaired) electrons. The highest BCUT2D eigenvalue weighted by Crippen LogP contribution is 2.21. The first kappa shape index (κ1) is 15.5. The second-order valence-corrected chi connectivity index (χ2v) is 6.77. The fraction of sp³-hybridized carbons (Fsp3) is 0.538. The first-order valence-corrected chi connectivity index (χ1v) is 7.95. The Balaban J connectivity index is 3.20. The topological polar surface area (TPSA) is 37.4 Å². The Bertz CT molecular complexity index is 514. The molecule has 0 saturated heterocycles. The molecule has 1 aromatic carbocycles. The van der Waals surface area contributed by atoms with E-state index < -0.39 is 10.0 Å². The maximum Gasteiger partial charge on any atom is 0.243 e. The van der Waals surface area contributed by atoms with E-state index in [1.165, 1.54) is 4.31 Å². The van der Waals surface area contributed by atoms with Crippen molar-refractivity contribution in [3.8, 4) is 0 Å². The van der Waals surface area contributed by atoms with E-state index >= 15 is 0 Å². The van der Waals surface area contributed by atoms with Crippen molar-refractivity contribution in [3.63, 3.8) is 0 Å². The van der Waals surface area contributed by atoms with Crippen LogP contribution >= 0.6 is 11.6 Å². The highest BCUT2D eigenvalue weighted by Gasteiger charge is 2.24. The van der Waals surface area contributed by atoms with E-state index in [4.69, 9.17) is 11.6 Å². The summed E-state index contributed by atoms with van der Waals surface area (Å²) in [4.78, 5) is 0.312. The van der Waals surface area contributed by atoms with Crippen LogP contribution in [0.3, 0.4) is 0 Å². The molecule has 0 aliphatic rings. The van der Waals surface area contributed by atoms with Gasteiger partial charge in [-0.25, -0.2) is 8.42 Å². The molecule has 1 unspecified atom stereocenters. The van der Waals surface area contributed by atoms with Crippen LogP contribution in [0.5, 0.6) is 0 Å². The van der Waals surface area contributed by atoms with Crippen molar-refractivity contribution >= 4 is 21.6 Å². The van der Waals surface area contributed by atoms with Gasteiger partial charge in [-0.2, -0.15) is 4.31 Å². The lowest BCUT2D eigenvalue weighted by Gasteiger charge is -2.23. The highest BCUT2D eigenvalue weighted by atomic mass is 35.5. The van der Waals surface area contributed by atoms with Crippen LogP contribution in [0, 0.1) is 6.92 Å². The van der Waals surface area contributed by atoms with Crippen LogP contribution in [0.25, 0.3) is 0 Å². The smallest absolute Gasteiger partial charge is 0.207 e. The van der Waals surface area contributed by atoms with Crippen LogP contribution in [0.2, 0.25) is 0 Å². The Hall–Kier alpha value is -0.580. The van der Waals surface area contributed by atoms with Gasteiger partial charge in [0.05, 0.1) is 4.90 Å². The number of benzene rings is 1. The van der Waals surface area contributed by atoms with Gasteiger partial charge in [0, 0.05) is 19.0 Å². The molecule has 0 heterocycles. The zero-order valence-electron chi connectivity index (χ0n) is 11.3. The highest BCUT2D eigenvalue weighted by molar-refractivity contribution is 7.89. The maximum absolute atomic E-state index is 12.4. The average molecular weight is 290 g/mol. The number of sulfonamides is 1. The van der Waals surface area contributed by atoms with Gasteiger partial charge in [0.1, 0.15) is 0 Å².